The van der Waals surface area contributed by atoms with Gasteiger partial charge in [0.25, 0.3) is 5.91 Å². The number of aromatic nitrogens is 2. The Morgan fingerprint density at radius 1 is 0.771 bits per heavy atom. The van der Waals surface area contributed by atoms with Crippen molar-refractivity contribution in [3.8, 4) is 23.0 Å². The van der Waals surface area contributed by atoms with E-state index < -0.39 is 5.91 Å². The predicted molar refractivity (Wildman–Crippen MR) is 131 cm³/mol. The van der Waals surface area contributed by atoms with Crippen molar-refractivity contribution >= 4 is 11.7 Å². The molecule has 0 spiro atoms. The van der Waals surface area contributed by atoms with Crippen LogP contribution in [0.2, 0.25) is 0 Å². The number of ether oxygens (including phenoxy) is 4. The van der Waals surface area contributed by atoms with Gasteiger partial charge < -0.3 is 24.3 Å². The largest absolute Gasteiger partial charge is 0.493 e. The predicted octanol–water partition coefficient (Wildman–Crippen LogP) is 4.90. The van der Waals surface area contributed by atoms with Crippen LogP contribution in [-0.2, 0) is 13.2 Å². The number of amides is 1. The van der Waals surface area contributed by atoms with Gasteiger partial charge in [-0.25, -0.2) is 4.98 Å². The van der Waals surface area contributed by atoms with E-state index in [1.807, 2.05) is 42.5 Å². The standard InChI is InChI=1S/C27H25N3O5/c1-32-23-15-21(16-24(33-2)25(23)35-18-19-7-4-3-5-8-19)27(31)30-26-22(9-6-12-29-26)34-17-20-10-13-28-14-11-20/h3-16H,17-18H2,1-2H3,(H,29,30,31). The molecule has 35 heavy (non-hydrogen) atoms. The van der Waals surface area contributed by atoms with Crippen LogP contribution >= 0.6 is 0 Å². The maximum Gasteiger partial charge on any atom is 0.257 e. The van der Waals surface area contributed by atoms with Crippen LogP contribution in [-0.4, -0.2) is 30.1 Å². The van der Waals surface area contributed by atoms with Gasteiger partial charge in [0.15, 0.2) is 23.1 Å². The summed E-state index contributed by atoms with van der Waals surface area (Å²) in [6, 6.07) is 20.1. The number of pyridine rings is 2. The lowest BCUT2D eigenvalue weighted by Gasteiger charge is -2.16. The Hall–Kier alpha value is -4.59. The summed E-state index contributed by atoms with van der Waals surface area (Å²) in [4.78, 5) is 21.4. The van der Waals surface area contributed by atoms with Crippen molar-refractivity contribution in [2.24, 2.45) is 0 Å². The average Bonchev–Trinajstić information content (AvgIpc) is 2.92. The Labute approximate surface area is 203 Å². The van der Waals surface area contributed by atoms with Crippen molar-refractivity contribution in [2.75, 3.05) is 19.5 Å². The first kappa shape index (κ1) is 23.6. The molecule has 2 aromatic carbocycles. The van der Waals surface area contributed by atoms with Crippen LogP contribution in [0.4, 0.5) is 5.82 Å². The highest BCUT2D eigenvalue weighted by Crippen LogP contribution is 2.39. The molecule has 0 aliphatic heterocycles. The summed E-state index contributed by atoms with van der Waals surface area (Å²) in [5, 5.41) is 2.80. The number of anilines is 1. The molecule has 0 aliphatic carbocycles. The molecule has 0 radical (unpaired) electrons. The van der Waals surface area contributed by atoms with E-state index in [1.54, 1.807) is 42.9 Å². The van der Waals surface area contributed by atoms with Gasteiger partial charge in [-0.1, -0.05) is 30.3 Å². The van der Waals surface area contributed by atoms with E-state index in [0.717, 1.165) is 11.1 Å². The van der Waals surface area contributed by atoms with Crippen molar-refractivity contribution < 1.29 is 23.7 Å². The third-order valence-electron chi connectivity index (χ3n) is 5.10. The number of methoxy groups -OCH3 is 2. The monoisotopic (exact) mass is 471 g/mol. The van der Waals surface area contributed by atoms with Crippen LogP contribution in [0.5, 0.6) is 23.0 Å². The summed E-state index contributed by atoms with van der Waals surface area (Å²) >= 11 is 0. The quantitative estimate of drug-likeness (QED) is 0.352. The third-order valence-corrected chi connectivity index (χ3v) is 5.10. The minimum Gasteiger partial charge on any atom is -0.493 e. The van der Waals surface area contributed by atoms with Crippen LogP contribution in [0.3, 0.4) is 0 Å². The van der Waals surface area contributed by atoms with E-state index in [1.165, 1.54) is 14.2 Å². The number of rotatable bonds is 10. The Morgan fingerprint density at radius 2 is 1.43 bits per heavy atom. The topological polar surface area (TPSA) is 91.8 Å². The molecule has 4 rings (SSSR count). The van der Waals surface area contributed by atoms with Gasteiger partial charge in [-0.05, 0) is 47.5 Å². The molecule has 178 valence electrons. The number of carbonyl (C=O) groups is 1. The first-order valence-corrected chi connectivity index (χ1v) is 10.9. The highest BCUT2D eigenvalue weighted by atomic mass is 16.5. The number of carbonyl (C=O) groups excluding carboxylic acids is 1. The van der Waals surface area contributed by atoms with Crippen molar-refractivity contribution in [3.05, 3.63) is 102 Å². The fourth-order valence-electron chi connectivity index (χ4n) is 3.30. The average molecular weight is 472 g/mol. The highest BCUT2D eigenvalue weighted by Gasteiger charge is 2.19. The lowest BCUT2D eigenvalue weighted by Crippen LogP contribution is -2.15. The molecule has 1 N–H and O–H groups in total. The molecule has 2 aromatic heterocycles. The van der Waals surface area contributed by atoms with Gasteiger partial charge in [0, 0.05) is 24.2 Å². The van der Waals surface area contributed by atoms with E-state index in [-0.39, 0.29) is 0 Å². The fraction of sp³-hybridized carbons (Fsp3) is 0.148. The summed E-state index contributed by atoms with van der Waals surface area (Å²) < 4.78 is 22.8. The molecule has 2 heterocycles. The Morgan fingerprint density at radius 3 is 2.11 bits per heavy atom. The lowest BCUT2D eigenvalue weighted by atomic mass is 10.1. The number of hydrogen-bond acceptors (Lipinski definition) is 7. The zero-order valence-corrected chi connectivity index (χ0v) is 19.4. The number of nitrogens with one attached hydrogen (secondary N) is 1. The van der Waals surface area contributed by atoms with Crippen LogP contribution in [0.1, 0.15) is 21.5 Å². The third kappa shape index (κ3) is 6.05. The number of nitrogens with zero attached hydrogens (tertiary/aromatic N) is 2. The molecule has 0 saturated carbocycles. The SMILES string of the molecule is COc1cc(C(=O)Nc2ncccc2OCc2ccncc2)cc(OC)c1OCc1ccccc1. The van der Waals surface area contributed by atoms with Crippen molar-refractivity contribution in [1.29, 1.82) is 0 Å². The van der Waals surface area contributed by atoms with E-state index in [9.17, 15) is 4.79 Å². The van der Waals surface area contributed by atoms with Crippen LogP contribution in [0.25, 0.3) is 0 Å². The van der Waals surface area contributed by atoms with Gasteiger partial charge in [0.2, 0.25) is 5.75 Å². The molecule has 8 heteroatoms. The first-order chi connectivity index (χ1) is 17.2. The Bertz CT molecular complexity index is 1240. The Kier molecular flexibility index (Phi) is 7.75. The lowest BCUT2D eigenvalue weighted by molar-refractivity contribution is 0.102. The minimum absolute atomic E-state index is 0.300. The van der Waals surface area contributed by atoms with Gasteiger partial charge in [-0.3, -0.25) is 9.78 Å². The van der Waals surface area contributed by atoms with E-state index in [2.05, 4.69) is 15.3 Å². The molecule has 0 saturated heterocycles. The molecule has 0 unspecified atom stereocenters. The summed E-state index contributed by atoms with van der Waals surface area (Å²) in [6.45, 7) is 0.636. The van der Waals surface area contributed by atoms with Crippen molar-refractivity contribution in [2.45, 2.75) is 13.2 Å². The Balaban J connectivity index is 1.51. The summed E-state index contributed by atoms with van der Waals surface area (Å²) in [5.41, 5.74) is 2.26. The van der Waals surface area contributed by atoms with Gasteiger partial charge in [0.1, 0.15) is 13.2 Å². The van der Waals surface area contributed by atoms with Gasteiger partial charge >= 0.3 is 0 Å². The van der Waals surface area contributed by atoms with Crippen molar-refractivity contribution in [1.82, 2.24) is 9.97 Å². The summed E-state index contributed by atoms with van der Waals surface area (Å²) in [5.74, 6) is 1.51. The molecule has 0 aliphatic rings. The second-order valence-corrected chi connectivity index (χ2v) is 7.43. The maximum atomic E-state index is 13.1. The van der Waals surface area contributed by atoms with E-state index in [0.29, 0.717) is 47.6 Å². The number of benzene rings is 2. The maximum absolute atomic E-state index is 13.1. The normalized spacial score (nSPS) is 10.3. The molecule has 0 atom stereocenters. The second-order valence-electron chi connectivity index (χ2n) is 7.43. The second kappa shape index (κ2) is 11.5. The smallest absolute Gasteiger partial charge is 0.257 e. The van der Waals surface area contributed by atoms with Crippen molar-refractivity contribution in [3.63, 3.8) is 0 Å². The molecule has 4 aromatic rings. The molecule has 0 fully saturated rings. The van der Waals surface area contributed by atoms with Gasteiger partial charge in [-0.2, -0.15) is 0 Å². The van der Waals surface area contributed by atoms with E-state index >= 15 is 0 Å². The molecule has 0 bridgehead atoms. The molecule has 1 amide bonds. The molecule has 8 nitrogen and oxygen atoms in total. The van der Waals surface area contributed by atoms with Crippen LogP contribution in [0.15, 0.2) is 85.3 Å². The zero-order valence-electron chi connectivity index (χ0n) is 19.4. The fourth-order valence-corrected chi connectivity index (χ4v) is 3.30. The highest BCUT2D eigenvalue weighted by molar-refractivity contribution is 6.05. The molecular weight excluding hydrogens is 446 g/mol. The summed E-state index contributed by atoms with van der Waals surface area (Å²) in [6.07, 6.45) is 4.97. The van der Waals surface area contributed by atoms with Gasteiger partial charge in [0.05, 0.1) is 14.2 Å². The van der Waals surface area contributed by atoms with Crippen LogP contribution in [0, 0.1) is 0 Å². The number of hydrogen-bond donors (Lipinski definition) is 1. The first-order valence-electron chi connectivity index (χ1n) is 10.9. The van der Waals surface area contributed by atoms with Gasteiger partial charge in [-0.15, -0.1) is 0 Å². The zero-order chi connectivity index (χ0) is 24.5. The minimum atomic E-state index is -0.399. The van der Waals surface area contributed by atoms with E-state index in [4.69, 9.17) is 18.9 Å². The summed E-state index contributed by atoms with van der Waals surface area (Å²) in [7, 11) is 3.02. The molecular formula is C27H25N3O5. The van der Waals surface area contributed by atoms with Crippen LogP contribution < -0.4 is 24.3 Å².